The molecule has 2 amide bonds. The third-order valence-corrected chi connectivity index (χ3v) is 4.75. The van der Waals surface area contributed by atoms with Crippen molar-refractivity contribution in [2.45, 2.75) is 13.0 Å². The molecular weight excluding hydrogens is 321 g/mol. The van der Waals surface area contributed by atoms with Crippen LogP contribution in [0, 0.1) is 5.82 Å². The van der Waals surface area contributed by atoms with Crippen molar-refractivity contribution in [3.05, 3.63) is 24.0 Å². The molecule has 0 spiro atoms. The van der Waals surface area contributed by atoms with Crippen LogP contribution >= 0.6 is 11.8 Å². The van der Waals surface area contributed by atoms with Gasteiger partial charge in [0.1, 0.15) is 11.9 Å². The Morgan fingerprint density at radius 1 is 1.52 bits per heavy atom. The lowest BCUT2D eigenvalue weighted by Crippen LogP contribution is -2.33. The number of rotatable bonds is 4. The highest BCUT2D eigenvalue weighted by Gasteiger charge is 2.33. The summed E-state index contributed by atoms with van der Waals surface area (Å²) in [5.74, 6) is 1.24. The third kappa shape index (κ3) is 3.52. The quantitative estimate of drug-likeness (QED) is 0.906. The van der Waals surface area contributed by atoms with E-state index in [1.807, 2.05) is 4.90 Å². The molecule has 0 aromatic heterocycles. The number of hydrogen-bond acceptors (Lipinski definition) is 5. The van der Waals surface area contributed by atoms with Crippen molar-refractivity contribution in [3.63, 3.8) is 0 Å². The SMILES string of the molecule is CC(=O)NCC1CN(c2ccc(N3CCSC3)c(F)c2)C(=O)O1. The van der Waals surface area contributed by atoms with Gasteiger partial charge in [-0.1, -0.05) is 0 Å². The van der Waals surface area contributed by atoms with Gasteiger partial charge in [0.05, 0.1) is 30.3 Å². The van der Waals surface area contributed by atoms with E-state index in [9.17, 15) is 14.0 Å². The van der Waals surface area contributed by atoms with E-state index in [2.05, 4.69) is 5.32 Å². The first-order valence-corrected chi connectivity index (χ1v) is 8.55. The maximum Gasteiger partial charge on any atom is 0.414 e. The fraction of sp³-hybridized carbons (Fsp3) is 0.467. The van der Waals surface area contributed by atoms with Crippen molar-refractivity contribution in [1.29, 1.82) is 0 Å². The molecule has 0 bridgehead atoms. The summed E-state index contributed by atoms with van der Waals surface area (Å²) in [5.41, 5.74) is 1.02. The van der Waals surface area contributed by atoms with Gasteiger partial charge in [0.25, 0.3) is 0 Å². The molecule has 2 aliphatic heterocycles. The zero-order valence-corrected chi connectivity index (χ0v) is 13.6. The van der Waals surface area contributed by atoms with Gasteiger partial charge in [-0.25, -0.2) is 9.18 Å². The summed E-state index contributed by atoms with van der Waals surface area (Å²) in [7, 11) is 0. The van der Waals surface area contributed by atoms with Gasteiger partial charge in [0, 0.05) is 19.2 Å². The number of amides is 2. The first kappa shape index (κ1) is 15.9. The zero-order chi connectivity index (χ0) is 16.4. The predicted molar refractivity (Wildman–Crippen MR) is 87.4 cm³/mol. The molecule has 1 atom stereocenters. The first-order valence-electron chi connectivity index (χ1n) is 7.39. The van der Waals surface area contributed by atoms with Crippen molar-refractivity contribution in [1.82, 2.24) is 5.32 Å². The smallest absolute Gasteiger partial charge is 0.414 e. The van der Waals surface area contributed by atoms with E-state index in [4.69, 9.17) is 4.74 Å². The maximum absolute atomic E-state index is 14.3. The summed E-state index contributed by atoms with van der Waals surface area (Å²) in [6.45, 7) is 2.77. The summed E-state index contributed by atoms with van der Waals surface area (Å²) >= 11 is 1.76. The van der Waals surface area contributed by atoms with Crippen LogP contribution in [0.2, 0.25) is 0 Å². The number of carbonyl (C=O) groups is 2. The number of nitrogens with zero attached hydrogens (tertiary/aromatic N) is 2. The van der Waals surface area contributed by atoms with E-state index in [0.29, 0.717) is 11.4 Å². The number of hydrogen-bond donors (Lipinski definition) is 1. The number of carbonyl (C=O) groups excluding carboxylic acids is 2. The molecule has 1 unspecified atom stereocenters. The number of halogens is 1. The highest BCUT2D eigenvalue weighted by Crippen LogP contribution is 2.30. The van der Waals surface area contributed by atoms with E-state index in [0.717, 1.165) is 18.2 Å². The Labute approximate surface area is 137 Å². The van der Waals surface area contributed by atoms with Gasteiger partial charge >= 0.3 is 6.09 Å². The van der Waals surface area contributed by atoms with E-state index >= 15 is 0 Å². The summed E-state index contributed by atoms with van der Waals surface area (Å²) in [5, 5.41) is 2.61. The second-order valence-corrected chi connectivity index (χ2v) is 6.56. The van der Waals surface area contributed by atoms with E-state index in [1.165, 1.54) is 17.9 Å². The predicted octanol–water partition coefficient (Wildman–Crippen LogP) is 1.80. The monoisotopic (exact) mass is 339 g/mol. The molecule has 2 fully saturated rings. The molecule has 1 aromatic rings. The van der Waals surface area contributed by atoms with Gasteiger partial charge in [0.15, 0.2) is 0 Å². The van der Waals surface area contributed by atoms with Gasteiger partial charge in [-0.15, -0.1) is 11.8 Å². The van der Waals surface area contributed by atoms with E-state index in [-0.39, 0.29) is 24.8 Å². The average Bonchev–Trinajstić information content (AvgIpc) is 3.14. The fourth-order valence-electron chi connectivity index (χ4n) is 2.62. The summed E-state index contributed by atoms with van der Waals surface area (Å²) in [6.07, 6.45) is -0.951. The molecule has 2 aliphatic rings. The molecule has 124 valence electrons. The second kappa shape index (κ2) is 6.66. The third-order valence-electron chi connectivity index (χ3n) is 3.79. The fourth-order valence-corrected chi connectivity index (χ4v) is 3.59. The normalized spacial score (nSPS) is 20.8. The molecule has 23 heavy (non-hydrogen) atoms. The Bertz CT molecular complexity index is 622. The molecule has 0 radical (unpaired) electrons. The summed E-state index contributed by atoms with van der Waals surface area (Å²) in [6, 6.07) is 4.79. The maximum atomic E-state index is 14.3. The average molecular weight is 339 g/mol. The van der Waals surface area contributed by atoms with Crippen molar-refractivity contribution in [3.8, 4) is 0 Å². The Morgan fingerprint density at radius 2 is 2.35 bits per heavy atom. The first-order chi connectivity index (χ1) is 11.0. The topological polar surface area (TPSA) is 61.9 Å². The summed E-state index contributed by atoms with van der Waals surface area (Å²) in [4.78, 5) is 26.2. The molecule has 0 saturated carbocycles. The molecule has 6 nitrogen and oxygen atoms in total. The largest absolute Gasteiger partial charge is 0.442 e. The lowest BCUT2D eigenvalue weighted by molar-refractivity contribution is -0.119. The minimum Gasteiger partial charge on any atom is -0.442 e. The van der Waals surface area contributed by atoms with Crippen LogP contribution in [0.5, 0.6) is 0 Å². The van der Waals surface area contributed by atoms with Gasteiger partial charge < -0.3 is 15.0 Å². The number of ether oxygens (including phenoxy) is 1. The van der Waals surface area contributed by atoms with E-state index < -0.39 is 12.2 Å². The van der Waals surface area contributed by atoms with Crippen molar-refractivity contribution >= 4 is 35.1 Å². The second-order valence-electron chi connectivity index (χ2n) is 5.49. The number of anilines is 2. The minimum atomic E-state index is -0.524. The number of cyclic esters (lactones) is 1. The van der Waals surface area contributed by atoms with Crippen molar-refractivity contribution in [2.75, 3.05) is 41.1 Å². The molecule has 8 heteroatoms. The Morgan fingerprint density at radius 3 is 3.00 bits per heavy atom. The van der Waals surface area contributed by atoms with Crippen molar-refractivity contribution < 1.29 is 18.7 Å². The molecule has 0 aliphatic carbocycles. The number of nitrogens with one attached hydrogen (secondary N) is 1. The Kier molecular flexibility index (Phi) is 4.61. The standard InChI is InChI=1S/C15H18FN3O3S/c1-10(20)17-7-12-8-19(15(21)22-12)11-2-3-14(13(16)6-11)18-4-5-23-9-18/h2-3,6,12H,4-5,7-9H2,1H3,(H,17,20). The lowest BCUT2D eigenvalue weighted by Gasteiger charge is -2.19. The van der Waals surface area contributed by atoms with Gasteiger partial charge in [-0.3, -0.25) is 9.69 Å². The van der Waals surface area contributed by atoms with Gasteiger partial charge in [-0.2, -0.15) is 0 Å². The minimum absolute atomic E-state index is 0.182. The van der Waals surface area contributed by atoms with Crippen LogP contribution in [0.4, 0.5) is 20.6 Å². The van der Waals surface area contributed by atoms with Crippen LogP contribution in [-0.4, -0.2) is 49.4 Å². The molecule has 3 rings (SSSR count). The van der Waals surface area contributed by atoms with Crippen LogP contribution < -0.4 is 15.1 Å². The highest BCUT2D eigenvalue weighted by atomic mass is 32.2. The molecular formula is C15H18FN3O3S. The van der Waals surface area contributed by atoms with Gasteiger partial charge in [-0.05, 0) is 18.2 Å². The number of thioether (sulfide) groups is 1. The van der Waals surface area contributed by atoms with Gasteiger partial charge in [0.2, 0.25) is 5.91 Å². The zero-order valence-electron chi connectivity index (χ0n) is 12.8. The lowest BCUT2D eigenvalue weighted by atomic mass is 10.2. The van der Waals surface area contributed by atoms with Crippen LogP contribution in [0.1, 0.15) is 6.92 Å². The van der Waals surface area contributed by atoms with Crippen LogP contribution in [0.25, 0.3) is 0 Å². The molecule has 2 heterocycles. The van der Waals surface area contributed by atoms with Crippen LogP contribution in [0.15, 0.2) is 18.2 Å². The molecule has 1 N–H and O–H groups in total. The van der Waals surface area contributed by atoms with Crippen molar-refractivity contribution in [2.24, 2.45) is 0 Å². The highest BCUT2D eigenvalue weighted by molar-refractivity contribution is 7.99. The summed E-state index contributed by atoms with van der Waals surface area (Å²) < 4.78 is 19.5. The van der Waals surface area contributed by atoms with Crippen LogP contribution in [-0.2, 0) is 9.53 Å². The van der Waals surface area contributed by atoms with E-state index in [1.54, 1.807) is 23.9 Å². The Balaban J connectivity index is 1.70. The number of benzene rings is 1. The Hall–Kier alpha value is -1.96. The van der Waals surface area contributed by atoms with Crippen LogP contribution in [0.3, 0.4) is 0 Å². The molecule has 1 aromatic carbocycles. The molecule has 2 saturated heterocycles.